The normalized spacial score (nSPS) is 20.2. The molecule has 27 heavy (non-hydrogen) atoms. The van der Waals surface area contributed by atoms with E-state index >= 15 is 0 Å². The smallest absolute Gasteiger partial charge is 0.342 e. The molecule has 0 unspecified atom stereocenters. The van der Waals surface area contributed by atoms with Gasteiger partial charge < -0.3 is 10.1 Å². The molecule has 1 amide bonds. The molecule has 1 aromatic rings. The summed E-state index contributed by atoms with van der Waals surface area (Å²) < 4.78 is 4.89. The fraction of sp³-hybridized carbons (Fsp3) is 0.700. The first-order valence-electron chi connectivity index (χ1n) is 9.53. The molecule has 1 aliphatic carbocycles. The van der Waals surface area contributed by atoms with Crippen molar-refractivity contribution in [2.75, 3.05) is 12.9 Å². The predicted octanol–water partition coefficient (Wildman–Crippen LogP) is 3.66. The monoisotopic (exact) mass is 393 g/mol. The summed E-state index contributed by atoms with van der Waals surface area (Å²) >= 11 is 1.27. The highest BCUT2D eigenvalue weighted by Crippen LogP contribution is 2.28. The molecule has 1 aromatic heterocycles. The molecule has 0 bridgehead atoms. The summed E-state index contributed by atoms with van der Waals surface area (Å²) in [5.74, 6) is 0.872. The summed E-state index contributed by atoms with van der Waals surface area (Å²) in [5.41, 5.74) is 0.661. The minimum atomic E-state index is -0.475. The Morgan fingerprint density at radius 3 is 2.48 bits per heavy atom. The number of ether oxygens (including phenoxy) is 1. The standard InChI is InChI=1S/C20H31N3O3S/c1-12-9-7-8-10-14(12)22-15(24)11-27-17-16(18(25)26-6)13(2)21-19(23-17)20(3,4)5/h12,14H,7-11H2,1-6H3,(H,22,24)/t12-,14-/m0/s1. The van der Waals surface area contributed by atoms with E-state index in [9.17, 15) is 9.59 Å². The number of carbonyl (C=O) groups is 2. The molecule has 1 N–H and O–H groups in total. The number of thioether (sulfide) groups is 1. The second-order valence-corrected chi connectivity index (χ2v) is 9.24. The van der Waals surface area contributed by atoms with Crippen LogP contribution in [0.15, 0.2) is 5.03 Å². The number of hydrogen-bond acceptors (Lipinski definition) is 6. The molecule has 0 aliphatic heterocycles. The number of rotatable bonds is 5. The molecular weight excluding hydrogens is 362 g/mol. The lowest BCUT2D eigenvalue weighted by Crippen LogP contribution is -2.41. The van der Waals surface area contributed by atoms with E-state index in [4.69, 9.17) is 4.74 Å². The predicted molar refractivity (Wildman–Crippen MR) is 107 cm³/mol. The van der Waals surface area contributed by atoms with Gasteiger partial charge in [-0.1, -0.05) is 52.3 Å². The van der Waals surface area contributed by atoms with Crippen molar-refractivity contribution >= 4 is 23.6 Å². The first kappa shape index (κ1) is 21.7. The average Bonchev–Trinajstić information content (AvgIpc) is 2.60. The Hall–Kier alpha value is -1.63. The van der Waals surface area contributed by atoms with Crippen LogP contribution in [0.1, 0.15) is 75.3 Å². The van der Waals surface area contributed by atoms with Gasteiger partial charge in [0.2, 0.25) is 5.91 Å². The molecular formula is C20H31N3O3S. The van der Waals surface area contributed by atoms with Crippen LogP contribution in [-0.4, -0.2) is 40.7 Å². The fourth-order valence-corrected chi connectivity index (χ4v) is 4.11. The van der Waals surface area contributed by atoms with E-state index in [1.54, 1.807) is 6.92 Å². The number of methoxy groups -OCH3 is 1. The highest BCUT2D eigenvalue weighted by Gasteiger charge is 2.26. The summed E-state index contributed by atoms with van der Waals surface area (Å²) in [6.45, 7) is 10.0. The van der Waals surface area contributed by atoms with Crippen LogP contribution in [0.3, 0.4) is 0 Å². The van der Waals surface area contributed by atoms with Gasteiger partial charge in [-0.15, -0.1) is 0 Å². The van der Waals surface area contributed by atoms with Crippen molar-refractivity contribution in [3.63, 3.8) is 0 Å². The first-order chi connectivity index (χ1) is 12.6. The Bertz CT molecular complexity index is 700. The van der Waals surface area contributed by atoms with E-state index in [0.29, 0.717) is 28.0 Å². The molecule has 0 saturated heterocycles. The fourth-order valence-electron chi connectivity index (χ4n) is 3.24. The number of aryl methyl sites for hydroxylation is 1. The van der Waals surface area contributed by atoms with Crippen molar-refractivity contribution in [2.24, 2.45) is 5.92 Å². The SMILES string of the molecule is COC(=O)c1c(C)nc(C(C)(C)C)nc1SCC(=O)N[C@H]1CCCC[C@@H]1C. The molecule has 1 saturated carbocycles. The van der Waals surface area contributed by atoms with Crippen molar-refractivity contribution in [3.05, 3.63) is 17.1 Å². The lowest BCUT2D eigenvalue weighted by atomic mass is 9.86. The van der Waals surface area contributed by atoms with Gasteiger partial charge in [-0.2, -0.15) is 0 Å². The maximum absolute atomic E-state index is 12.5. The average molecular weight is 394 g/mol. The quantitative estimate of drug-likeness (QED) is 0.467. The van der Waals surface area contributed by atoms with Gasteiger partial charge >= 0.3 is 5.97 Å². The maximum Gasteiger partial charge on any atom is 0.342 e. The van der Waals surface area contributed by atoms with Crippen LogP contribution in [-0.2, 0) is 14.9 Å². The van der Waals surface area contributed by atoms with Crippen molar-refractivity contribution < 1.29 is 14.3 Å². The maximum atomic E-state index is 12.5. The van der Waals surface area contributed by atoms with Gasteiger partial charge in [-0.05, 0) is 25.7 Å². The van der Waals surface area contributed by atoms with Crippen LogP contribution in [0.4, 0.5) is 0 Å². The highest BCUT2D eigenvalue weighted by atomic mass is 32.2. The Morgan fingerprint density at radius 1 is 1.22 bits per heavy atom. The number of nitrogens with one attached hydrogen (secondary N) is 1. The van der Waals surface area contributed by atoms with Gasteiger partial charge in [0.05, 0.1) is 18.6 Å². The van der Waals surface area contributed by atoms with Crippen molar-refractivity contribution in [2.45, 2.75) is 76.8 Å². The zero-order valence-corrected chi connectivity index (χ0v) is 18.0. The van der Waals surface area contributed by atoms with Crippen LogP contribution >= 0.6 is 11.8 Å². The van der Waals surface area contributed by atoms with E-state index in [-0.39, 0.29) is 23.1 Å². The molecule has 7 heteroatoms. The number of aromatic nitrogens is 2. The van der Waals surface area contributed by atoms with Crippen LogP contribution < -0.4 is 5.32 Å². The van der Waals surface area contributed by atoms with Crippen LogP contribution in [0.2, 0.25) is 0 Å². The van der Waals surface area contributed by atoms with Gasteiger partial charge in [0.1, 0.15) is 16.4 Å². The summed E-state index contributed by atoms with van der Waals surface area (Å²) in [5, 5.41) is 3.65. The lowest BCUT2D eigenvalue weighted by Gasteiger charge is -2.29. The third-order valence-corrected chi connectivity index (χ3v) is 5.89. The van der Waals surface area contributed by atoms with E-state index < -0.39 is 5.97 Å². The Kier molecular flexibility index (Phi) is 7.25. The molecule has 0 aromatic carbocycles. The molecule has 2 rings (SSSR count). The van der Waals surface area contributed by atoms with E-state index in [1.165, 1.54) is 25.3 Å². The Balaban J connectivity index is 2.16. The third-order valence-electron chi connectivity index (χ3n) is 4.91. The molecule has 1 aliphatic rings. The molecule has 0 spiro atoms. The van der Waals surface area contributed by atoms with Gasteiger partial charge in [0.25, 0.3) is 0 Å². The van der Waals surface area contributed by atoms with Gasteiger partial charge in [0, 0.05) is 11.5 Å². The van der Waals surface area contributed by atoms with Gasteiger partial charge in [-0.3, -0.25) is 4.79 Å². The van der Waals surface area contributed by atoms with Gasteiger partial charge in [-0.25, -0.2) is 14.8 Å². The van der Waals surface area contributed by atoms with E-state index in [2.05, 4.69) is 22.2 Å². The molecule has 0 radical (unpaired) electrons. The summed E-state index contributed by atoms with van der Waals surface area (Å²) in [4.78, 5) is 33.7. The number of amides is 1. The summed E-state index contributed by atoms with van der Waals surface area (Å²) in [6.07, 6.45) is 4.59. The molecule has 150 valence electrons. The van der Waals surface area contributed by atoms with Crippen LogP contribution in [0.25, 0.3) is 0 Å². The molecule has 1 fully saturated rings. The summed E-state index contributed by atoms with van der Waals surface area (Å²) in [6, 6.07) is 0.240. The van der Waals surface area contributed by atoms with Crippen molar-refractivity contribution in [3.8, 4) is 0 Å². The molecule has 6 nitrogen and oxygen atoms in total. The second kappa shape index (κ2) is 9.04. The van der Waals surface area contributed by atoms with E-state index in [0.717, 1.165) is 19.3 Å². The molecule has 1 heterocycles. The van der Waals surface area contributed by atoms with Gasteiger partial charge in [0.15, 0.2) is 0 Å². The van der Waals surface area contributed by atoms with Crippen molar-refractivity contribution in [1.82, 2.24) is 15.3 Å². The number of hydrogen-bond donors (Lipinski definition) is 1. The zero-order valence-electron chi connectivity index (χ0n) is 17.2. The second-order valence-electron chi connectivity index (χ2n) is 8.28. The molecule has 2 atom stereocenters. The van der Waals surface area contributed by atoms with Crippen molar-refractivity contribution in [1.29, 1.82) is 0 Å². The van der Waals surface area contributed by atoms with Crippen LogP contribution in [0.5, 0.6) is 0 Å². The third kappa shape index (κ3) is 5.67. The number of esters is 1. The Morgan fingerprint density at radius 2 is 1.89 bits per heavy atom. The Labute approximate surface area is 166 Å². The topological polar surface area (TPSA) is 81.2 Å². The lowest BCUT2D eigenvalue weighted by molar-refractivity contribution is -0.119. The first-order valence-corrected chi connectivity index (χ1v) is 10.5. The van der Waals surface area contributed by atoms with Crippen LogP contribution in [0, 0.1) is 12.8 Å². The minimum absolute atomic E-state index is 0.0249. The largest absolute Gasteiger partial charge is 0.465 e. The minimum Gasteiger partial charge on any atom is -0.465 e. The summed E-state index contributed by atoms with van der Waals surface area (Å²) in [7, 11) is 1.34. The van der Waals surface area contributed by atoms with E-state index in [1.807, 2.05) is 20.8 Å². The zero-order chi connectivity index (χ0) is 20.2. The number of nitrogens with zero attached hydrogens (tertiary/aromatic N) is 2. The number of carbonyl (C=O) groups excluding carboxylic acids is 2. The highest BCUT2D eigenvalue weighted by molar-refractivity contribution is 8.00.